The molecule has 24 heavy (non-hydrogen) atoms. The van der Waals surface area contributed by atoms with Crippen LogP contribution >= 0.6 is 0 Å². The first kappa shape index (κ1) is 21.1. The van der Waals surface area contributed by atoms with E-state index in [0.717, 1.165) is 25.3 Å². The Bertz CT molecular complexity index is 371. The molecule has 2 atom stereocenters. The fraction of sp³-hybridized carbons (Fsp3) is 0.941. The van der Waals surface area contributed by atoms with Gasteiger partial charge in [0.1, 0.15) is 0 Å². The molecule has 1 aliphatic heterocycles. The Morgan fingerprint density at radius 3 is 2.62 bits per heavy atom. The summed E-state index contributed by atoms with van der Waals surface area (Å²) in [5.74, 6) is 1.63. The van der Waals surface area contributed by atoms with Crippen LogP contribution in [0.15, 0.2) is 4.99 Å². The molecule has 2 N–H and O–H groups in total. The van der Waals surface area contributed by atoms with Crippen molar-refractivity contribution >= 4 is 5.96 Å². The fourth-order valence-corrected chi connectivity index (χ4v) is 3.12. The maximum absolute atomic E-state index is 12.4. The third-order valence-electron chi connectivity index (χ3n) is 4.66. The van der Waals surface area contributed by atoms with Gasteiger partial charge in [-0.2, -0.15) is 13.2 Å². The summed E-state index contributed by atoms with van der Waals surface area (Å²) in [6.45, 7) is 6.17. The number of alkyl halides is 3. The van der Waals surface area contributed by atoms with Crippen LogP contribution < -0.4 is 10.6 Å². The zero-order valence-electron chi connectivity index (χ0n) is 15.3. The third-order valence-corrected chi connectivity index (χ3v) is 4.66. The smallest absolute Gasteiger partial charge is 0.356 e. The second kappa shape index (κ2) is 10.8. The highest BCUT2D eigenvalue weighted by atomic mass is 19.4. The zero-order valence-corrected chi connectivity index (χ0v) is 15.3. The molecule has 1 aliphatic rings. The van der Waals surface area contributed by atoms with Gasteiger partial charge in [-0.1, -0.05) is 33.1 Å². The number of unbranched alkanes of at least 4 members (excludes halogenated alkanes) is 1. The van der Waals surface area contributed by atoms with E-state index >= 15 is 0 Å². The lowest BCUT2D eigenvalue weighted by Gasteiger charge is -2.20. The van der Waals surface area contributed by atoms with E-state index in [4.69, 9.17) is 0 Å². The van der Waals surface area contributed by atoms with Gasteiger partial charge in [-0.3, -0.25) is 9.89 Å². The number of likely N-dealkylation sites (tertiary alicyclic amines) is 1. The number of aliphatic imine (C=N–C) groups is 1. The number of hydrogen-bond donors (Lipinski definition) is 2. The topological polar surface area (TPSA) is 39.7 Å². The average molecular weight is 350 g/mol. The van der Waals surface area contributed by atoms with Gasteiger partial charge in [-0.25, -0.2) is 0 Å². The molecule has 0 saturated carbocycles. The van der Waals surface area contributed by atoms with Crippen LogP contribution in [0.1, 0.15) is 46.0 Å². The first-order valence-corrected chi connectivity index (χ1v) is 9.11. The highest BCUT2D eigenvalue weighted by molar-refractivity contribution is 5.79. The van der Waals surface area contributed by atoms with Gasteiger partial charge in [0.25, 0.3) is 0 Å². The molecule has 0 spiro atoms. The van der Waals surface area contributed by atoms with Gasteiger partial charge in [0.2, 0.25) is 0 Å². The molecule has 1 rings (SSSR count). The van der Waals surface area contributed by atoms with Crippen molar-refractivity contribution in [3.8, 4) is 0 Å². The maximum atomic E-state index is 12.4. The summed E-state index contributed by atoms with van der Waals surface area (Å²) >= 11 is 0. The third kappa shape index (κ3) is 8.76. The summed E-state index contributed by atoms with van der Waals surface area (Å²) in [6, 6.07) is 0. The zero-order chi connectivity index (χ0) is 18.0. The molecule has 0 radical (unpaired) electrons. The van der Waals surface area contributed by atoms with Gasteiger partial charge in [0, 0.05) is 26.7 Å². The van der Waals surface area contributed by atoms with E-state index < -0.39 is 12.7 Å². The van der Waals surface area contributed by atoms with Gasteiger partial charge in [-0.15, -0.1) is 0 Å². The molecule has 7 heteroatoms. The standard InChI is InChI=1S/C17H33F3N4/c1-4-6-7-14(5-2)10-22-16(21-3)23-11-15-8-9-24(12-15)13-17(18,19)20/h14-15H,4-13H2,1-3H3,(H2,21,22,23). The Morgan fingerprint density at radius 1 is 1.29 bits per heavy atom. The minimum absolute atomic E-state index is 0.243. The molecule has 0 aromatic heterocycles. The van der Waals surface area contributed by atoms with Gasteiger partial charge in [0.05, 0.1) is 6.54 Å². The quantitative estimate of drug-likeness (QED) is 0.495. The second-order valence-electron chi connectivity index (χ2n) is 6.76. The molecule has 142 valence electrons. The van der Waals surface area contributed by atoms with Crippen LogP contribution in [0, 0.1) is 11.8 Å². The van der Waals surface area contributed by atoms with E-state index in [9.17, 15) is 13.2 Å². The van der Waals surface area contributed by atoms with Crippen molar-refractivity contribution in [1.82, 2.24) is 15.5 Å². The van der Waals surface area contributed by atoms with Crippen molar-refractivity contribution < 1.29 is 13.2 Å². The lowest BCUT2D eigenvalue weighted by Crippen LogP contribution is -2.42. The van der Waals surface area contributed by atoms with E-state index in [-0.39, 0.29) is 5.92 Å². The van der Waals surface area contributed by atoms with Crippen LogP contribution in [-0.2, 0) is 0 Å². The van der Waals surface area contributed by atoms with Crippen LogP contribution in [0.2, 0.25) is 0 Å². The molecular formula is C17H33F3N4. The minimum Gasteiger partial charge on any atom is -0.356 e. The fourth-order valence-electron chi connectivity index (χ4n) is 3.12. The summed E-state index contributed by atoms with van der Waals surface area (Å²) in [5, 5.41) is 6.61. The molecule has 2 unspecified atom stereocenters. The number of nitrogens with zero attached hydrogens (tertiary/aromatic N) is 2. The van der Waals surface area contributed by atoms with Crippen LogP contribution in [0.3, 0.4) is 0 Å². The summed E-state index contributed by atoms with van der Waals surface area (Å²) in [6.07, 6.45) is 1.50. The summed E-state index contributed by atoms with van der Waals surface area (Å²) in [5.41, 5.74) is 0. The van der Waals surface area contributed by atoms with E-state index in [1.165, 1.54) is 24.2 Å². The van der Waals surface area contributed by atoms with E-state index in [1.54, 1.807) is 7.05 Å². The molecular weight excluding hydrogens is 317 g/mol. The van der Waals surface area contributed by atoms with Crippen molar-refractivity contribution in [2.45, 2.75) is 52.1 Å². The monoisotopic (exact) mass is 350 g/mol. The second-order valence-corrected chi connectivity index (χ2v) is 6.76. The minimum atomic E-state index is -4.10. The van der Waals surface area contributed by atoms with Gasteiger partial charge < -0.3 is 10.6 Å². The van der Waals surface area contributed by atoms with Gasteiger partial charge >= 0.3 is 6.18 Å². The SMILES string of the molecule is CCCCC(CC)CNC(=NC)NCC1CCN(CC(F)(F)F)C1. The van der Waals surface area contributed by atoms with Crippen molar-refractivity contribution in [2.75, 3.05) is 39.8 Å². The predicted octanol–water partition coefficient (Wildman–Crippen LogP) is 3.25. The normalized spacial score (nSPS) is 21.1. The Hall–Kier alpha value is -0.980. The highest BCUT2D eigenvalue weighted by Crippen LogP contribution is 2.22. The number of guanidine groups is 1. The van der Waals surface area contributed by atoms with Crippen molar-refractivity contribution in [3.05, 3.63) is 0 Å². The van der Waals surface area contributed by atoms with Gasteiger partial charge in [0.15, 0.2) is 5.96 Å². The molecule has 0 aromatic carbocycles. The Labute approximate surface area is 144 Å². The van der Waals surface area contributed by atoms with Crippen molar-refractivity contribution in [2.24, 2.45) is 16.8 Å². The number of hydrogen-bond acceptors (Lipinski definition) is 2. The van der Waals surface area contributed by atoms with Crippen molar-refractivity contribution in [1.29, 1.82) is 0 Å². The molecule has 0 bridgehead atoms. The van der Waals surface area contributed by atoms with Gasteiger partial charge in [-0.05, 0) is 31.2 Å². The predicted molar refractivity (Wildman–Crippen MR) is 93.3 cm³/mol. The number of rotatable bonds is 9. The van der Waals surface area contributed by atoms with Crippen molar-refractivity contribution in [3.63, 3.8) is 0 Å². The highest BCUT2D eigenvalue weighted by Gasteiger charge is 2.34. The Balaban J connectivity index is 2.27. The van der Waals surface area contributed by atoms with Crippen LogP contribution in [0.5, 0.6) is 0 Å². The molecule has 0 aliphatic carbocycles. The Kier molecular flexibility index (Phi) is 9.48. The summed E-state index contributed by atoms with van der Waals surface area (Å²) < 4.78 is 37.2. The molecule has 1 heterocycles. The number of nitrogens with one attached hydrogen (secondary N) is 2. The Morgan fingerprint density at radius 2 is 2.04 bits per heavy atom. The lowest BCUT2D eigenvalue weighted by atomic mass is 9.99. The van der Waals surface area contributed by atoms with E-state index in [0.29, 0.717) is 25.6 Å². The number of halogens is 3. The summed E-state index contributed by atoms with van der Waals surface area (Å²) in [4.78, 5) is 5.70. The van der Waals surface area contributed by atoms with Crippen LogP contribution in [-0.4, -0.2) is 56.8 Å². The molecule has 1 saturated heterocycles. The molecule has 0 amide bonds. The molecule has 4 nitrogen and oxygen atoms in total. The van der Waals surface area contributed by atoms with E-state index in [1.807, 2.05) is 0 Å². The van der Waals surface area contributed by atoms with E-state index in [2.05, 4.69) is 29.5 Å². The average Bonchev–Trinajstić information content (AvgIpc) is 2.95. The molecule has 0 aromatic rings. The first-order chi connectivity index (χ1) is 11.4. The lowest BCUT2D eigenvalue weighted by molar-refractivity contribution is -0.143. The molecule has 1 fully saturated rings. The largest absolute Gasteiger partial charge is 0.401 e. The maximum Gasteiger partial charge on any atom is 0.401 e. The first-order valence-electron chi connectivity index (χ1n) is 9.11. The van der Waals surface area contributed by atoms with Crippen LogP contribution in [0.4, 0.5) is 13.2 Å². The summed E-state index contributed by atoms with van der Waals surface area (Å²) in [7, 11) is 1.73. The van der Waals surface area contributed by atoms with Crippen LogP contribution in [0.25, 0.3) is 0 Å².